The highest BCUT2D eigenvalue weighted by atomic mass is 32.2. The van der Waals surface area contributed by atoms with E-state index in [1.165, 1.54) is 70.6 Å². The van der Waals surface area contributed by atoms with Gasteiger partial charge in [-0.05, 0) is 19.3 Å². The summed E-state index contributed by atoms with van der Waals surface area (Å²) in [5.74, 6) is -0.683. The van der Waals surface area contributed by atoms with Crippen LogP contribution in [0.15, 0.2) is 0 Å². The van der Waals surface area contributed by atoms with Crippen molar-refractivity contribution in [1.82, 2.24) is 0 Å². The van der Waals surface area contributed by atoms with Crippen LogP contribution in [0.25, 0.3) is 0 Å². The summed E-state index contributed by atoms with van der Waals surface area (Å²) in [7, 11) is 0. The van der Waals surface area contributed by atoms with Crippen LogP contribution in [-0.2, 0) is 9.59 Å². The van der Waals surface area contributed by atoms with E-state index in [1.807, 2.05) is 11.8 Å². The molecule has 0 rings (SSSR count). The maximum atomic E-state index is 10.7. The Bertz CT molecular complexity index is 360. The van der Waals surface area contributed by atoms with E-state index in [2.05, 4.69) is 6.92 Å². The minimum absolute atomic E-state index is 0.258. The van der Waals surface area contributed by atoms with Crippen LogP contribution >= 0.6 is 11.8 Å². The summed E-state index contributed by atoms with van der Waals surface area (Å²) < 4.78 is 0. The molecule has 0 aromatic heterocycles. The monoisotopic (exact) mass is 402 g/mol. The van der Waals surface area contributed by atoms with E-state index in [4.69, 9.17) is 10.2 Å². The molecule has 0 aromatic rings. The molecule has 1 atom stereocenters. The molecule has 0 aliphatic heterocycles. The van der Waals surface area contributed by atoms with Gasteiger partial charge in [-0.2, -0.15) is 11.8 Å². The molecular formula is C22H42O4S. The van der Waals surface area contributed by atoms with Gasteiger partial charge >= 0.3 is 11.9 Å². The largest absolute Gasteiger partial charge is 0.481 e. The fraction of sp³-hybridized carbons (Fsp3) is 0.909. The molecular weight excluding hydrogens is 360 g/mol. The quantitative estimate of drug-likeness (QED) is 0.204. The van der Waals surface area contributed by atoms with Gasteiger partial charge in [-0.3, -0.25) is 9.59 Å². The molecule has 0 aromatic carbocycles. The van der Waals surface area contributed by atoms with Gasteiger partial charge in [0.2, 0.25) is 0 Å². The maximum Gasteiger partial charge on any atom is 0.304 e. The zero-order valence-electron chi connectivity index (χ0n) is 17.4. The Morgan fingerprint density at radius 1 is 0.667 bits per heavy atom. The third kappa shape index (κ3) is 21.4. The summed E-state index contributed by atoms with van der Waals surface area (Å²) in [6.07, 6.45) is 18.8. The van der Waals surface area contributed by atoms with Crippen LogP contribution in [0.4, 0.5) is 0 Å². The Kier molecular flexibility index (Phi) is 19.5. The highest BCUT2D eigenvalue weighted by molar-refractivity contribution is 7.99. The Balaban J connectivity index is 3.79. The molecule has 0 aliphatic rings. The smallest absolute Gasteiger partial charge is 0.304 e. The summed E-state index contributed by atoms with van der Waals surface area (Å²) in [5.41, 5.74) is 0. The number of hydrogen-bond acceptors (Lipinski definition) is 3. The fourth-order valence-electron chi connectivity index (χ4n) is 3.31. The minimum Gasteiger partial charge on any atom is -0.481 e. The Hall–Kier alpha value is -0.710. The summed E-state index contributed by atoms with van der Waals surface area (Å²) >= 11 is 1.84. The molecule has 0 fully saturated rings. The predicted molar refractivity (Wildman–Crippen MR) is 116 cm³/mol. The number of aliphatic carboxylic acids is 2. The Morgan fingerprint density at radius 2 is 1.11 bits per heavy atom. The molecule has 0 aliphatic carbocycles. The van der Waals surface area contributed by atoms with Crippen molar-refractivity contribution >= 4 is 23.7 Å². The minimum atomic E-state index is -0.702. The van der Waals surface area contributed by atoms with Crippen LogP contribution in [0, 0.1) is 0 Å². The average molecular weight is 403 g/mol. The maximum absolute atomic E-state index is 10.7. The van der Waals surface area contributed by atoms with Gasteiger partial charge in [-0.25, -0.2) is 0 Å². The van der Waals surface area contributed by atoms with Gasteiger partial charge < -0.3 is 10.2 Å². The summed E-state index contributed by atoms with van der Waals surface area (Å²) in [4.78, 5) is 21.2. The van der Waals surface area contributed by atoms with E-state index >= 15 is 0 Å². The second-order valence-corrected chi connectivity index (χ2v) is 9.01. The van der Waals surface area contributed by atoms with Crippen molar-refractivity contribution in [3.63, 3.8) is 0 Å². The average Bonchev–Trinajstić information content (AvgIpc) is 2.62. The number of thioether (sulfide) groups is 1. The van der Waals surface area contributed by atoms with Crippen molar-refractivity contribution in [3.8, 4) is 0 Å². The number of hydrogen-bond donors (Lipinski definition) is 2. The predicted octanol–water partition coefficient (Wildman–Crippen LogP) is 6.91. The molecule has 5 heteroatoms. The molecule has 0 spiro atoms. The molecule has 0 heterocycles. The first-order valence-electron chi connectivity index (χ1n) is 11.1. The highest BCUT2D eigenvalue weighted by Crippen LogP contribution is 2.25. The van der Waals surface area contributed by atoms with Crippen molar-refractivity contribution in [1.29, 1.82) is 0 Å². The first-order valence-corrected chi connectivity index (χ1v) is 12.2. The first kappa shape index (κ1) is 26.3. The van der Waals surface area contributed by atoms with Crippen molar-refractivity contribution in [2.75, 3.05) is 5.75 Å². The van der Waals surface area contributed by atoms with Crippen molar-refractivity contribution < 1.29 is 19.8 Å². The zero-order chi connectivity index (χ0) is 20.2. The van der Waals surface area contributed by atoms with Crippen LogP contribution < -0.4 is 0 Å². The van der Waals surface area contributed by atoms with Crippen LogP contribution in [0.3, 0.4) is 0 Å². The molecule has 0 radical (unpaired) electrons. The topological polar surface area (TPSA) is 74.6 Å². The van der Waals surface area contributed by atoms with E-state index in [9.17, 15) is 9.59 Å². The summed E-state index contributed by atoms with van der Waals surface area (Å²) in [6.45, 7) is 2.25. The van der Waals surface area contributed by atoms with Gasteiger partial charge in [0, 0.05) is 17.4 Å². The van der Waals surface area contributed by atoms with Gasteiger partial charge in [0.05, 0.1) is 6.42 Å². The van der Waals surface area contributed by atoms with E-state index < -0.39 is 11.9 Å². The first-order chi connectivity index (χ1) is 13.1. The van der Waals surface area contributed by atoms with Crippen LogP contribution in [0.2, 0.25) is 0 Å². The van der Waals surface area contributed by atoms with Crippen LogP contribution in [-0.4, -0.2) is 33.2 Å². The Labute approximate surface area is 170 Å². The van der Waals surface area contributed by atoms with Crippen molar-refractivity contribution in [2.45, 2.75) is 121 Å². The molecule has 0 amide bonds. The molecule has 160 valence electrons. The third-order valence-corrected chi connectivity index (χ3v) is 6.35. The van der Waals surface area contributed by atoms with Crippen molar-refractivity contribution in [3.05, 3.63) is 0 Å². The molecule has 2 N–H and O–H groups in total. The lowest BCUT2D eigenvalue weighted by molar-refractivity contribution is -0.137. The second-order valence-electron chi connectivity index (χ2n) is 7.60. The van der Waals surface area contributed by atoms with E-state index in [0.29, 0.717) is 5.25 Å². The van der Waals surface area contributed by atoms with Crippen LogP contribution in [0.5, 0.6) is 0 Å². The number of carboxylic acids is 2. The van der Waals surface area contributed by atoms with Crippen molar-refractivity contribution in [2.24, 2.45) is 0 Å². The number of carbonyl (C=O) groups is 2. The number of rotatable bonds is 21. The van der Waals surface area contributed by atoms with Gasteiger partial charge in [0.15, 0.2) is 0 Å². The Morgan fingerprint density at radius 3 is 1.59 bits per heavy atom. The summed E-state index contributed by atoms with van der Waals surface area (Å²) in [6, 6.07) is 0. The fourth-order valence-corrected chi connectivity index (χ4v) is 4.60. The normalized spacial score (nSPS) is 12.2. The summed E-state index contributed by atoms with van der Waals surface area (Å²) in [5, 5.41) is 18.1. The molecule has 27 heavy (non-hydrogen) atoms. The lowest BCUT2D eigenvalue weighted by Crippen LogP contribution is -2.06. The van der Waals surface area contributed by atoms with E-state index in [0.717, 1.165) is 31.4 Å². The van der Waals surface area contributed by atoms with Gasteiger partial charge in [0.1, 0.15) is 0 Å². The molecule has 0 saturated heterocycles. The van der Waals surface area contributed by atoms with E-state index in [1.54, 1.807) is 0 Å². The van der Waals surface area contributed by atoms with Gasteiger partial charge in [-0.15, -0.1) is 0 Å². The lowest BCUT2D eigenvalue weighted by atomic mass is 10.0. The number of unbranched alkanes of at least 4 members (excludes halogenated alkanes) is 11. The molecule has 4 nitrogen and oxygen atoms in total. The molecule has 0 bridgehead atoms. The SMILES string of the molecule is CCCCCCCCCCC(CCCCCCCC(=O)O)SCCC(=O)O. The van der Waals surface area contributed by atoms with E-state index in [-0.39, 0.29) is 12.8 Å². The number of carboxylic acid groups (broad SMARTS) is 2. The lowest BCUT2D eigenvalue weighted by Gasteiger charge is -2.16. The third-order valence-electron chi connectivity index (χ3n) is 4.97. The van der Waals surface area contributed by atoms with Gasteiger partial charge in [-0.1, -0.05) is 84.0 Å². The molecule has 1 unspecified atom stereocenters. The highest BCUT2D eigenvalue weighted by Gasteiger charge is 2.10. The zero-order valence-corrected chi connectivity index (χ0v) is 18.2. The van der Waals surface area contributed by atoms with Crippen LogP contribution in [0.1, 0.15) is 116 Å². The molecule has 0 saturated carbocycles. The standard InChI is InChI=1S/C22H42O4S/c1-2-3-4-5-6-7-9-12-15-20(27-19-18-22(25)26)16-13-10-8-11-14-17-21(23)24/h20H,2-19H2,1H3,(H,23,24)(H,25,26). The second kappa shape index (κ2) is 20.0. The van der Waals surface area contributed by atoms with Gasteiger partial charge in [0.25, 0.3) is 0 Å².